The lowest BCUT2D eigenvalue weighted by molar-refractivity contribution is 0.0600. The number of nitrogens with zero attached hydrogens (tertiary/aromatic N) is 3. The van der Waals surface area contributed by atoms with E-state index in [1.807, 2.05) is 31.2 Å². The van der Waals surface area contributed by atoms with Gasteiger partial charge in [0.2, 0.25) is 4.77 Å². The number of aryl methyl sites for hydroxylation is 1. The molecule has 0 saturated carbocycles. The van der Waals surface area contributed by atoms with Crippen molar-refractivity contribution in [1.29, 1.82) is 0 Å². The Morgan fingerprint density at radius 2 is 1.88 bits per heavy atom. The fraction of sp³-hybridized carbons (Fsp3) is 0.111. The Labute approximate surface area is 149 Å². The number of carbonyl (C=O) groups is 1. The number of methoxy groups -OCH3 is 1. The van der Waals surface area contributed by atoms with Crippen molar-refractivity contribution in [2.45, 2.75) is 6.92 Å². The highest BCUT2D eigenvalue weighted by Crippen LogP contribution is 2.17. The molecule has 0 radical (unpaired) electrons. The molecule has 0 spiro atoms. The molecule has 1 N–H and O–H groups in total. The Balaban J connectivity index is 1.89. The van der Waals surface area contributed by atoms with E-state index in [-0.39, 0.29) is 5.97 Å². The third-order valence-corrected chi connectivity index (χ3v) is 3.88. The van der Waals surface area contributed by atoms with Crippen molar-refractivity contribution in [1.82, 2.24) is 14.9 Å². The van der Waals surface area contributed by atoms with Gasteiger partial charge < -0.3 is 4.74 Å². The van der Waals surface area contributed by atoms with E-state index in [0.29, 0.717) is 16.2 Å². The number of nitrogens with one attached hydrogen (secondary N) is 1. The molecule has 3 aromatic rings. The molecule has 126 valence electrons. The Kier molecular flexibility index (Phi) is 4.85. The summed E-state index contributed by atoms with van der Waals surface area (Å²) in [5.41, 5.74) is 3.39. The fourth-order valence-electron chi connectivity index (χ4n) is 2.24. The topological polar surface area (TPSA) is 72.3 Å². The molecule has 0 fully saturated rings. The number of rotatable bonds is 4. The van der Waals surface area contributed by atoms with Gasteiger partial charge in [0, 0.05) is 5.56 Å². The Morgan fingerprint density at radius 1 is 1.20 bits per heavy atom. The van der Waals surface area contributed by atoms with Gasteiger partial charge in [-0.25, -0.2) is 9.89 Å². The molecule has 1 aromatic heterocycles. The van der Waals surface area contributed by atoms with Crippen LogP contribution in [0.3, 0.4) is 0 Å². The SMILES string of the molecule is COC(=O)c1ccc(C=Nn2c(-c3ccc(C)cc3)n[nH]c2=S)cc1. The van der Waals surface area contributed by atoms with Crippen molar-refractivity contribution in [3.8, 4) is 11.4 Å². The van der Waals surface area contributed by atoms with Gasteiger partial charge in [-0.2, -0.15) is 14.9 Å². The number of hydrogen-bond donors (Lipinski definition) is 1. The number of hydrogen-bond acceptors (Lipinski definition) is 5. The maximum atomic E-state index is 11.5. The van der Waals surface area contributed by atoms with Gasteiger partial charge in [0.15, 0.2) is 5.82 Å². The van der Waals surface area contributed by atoms with Crippen molar-refractivity contribution in [2.75, 3.05) is 7.11 Å². The summed E-state index contributed by atoms with van der Waals surface area (Å²) in [6.45, 7) is 2.02. The molecule has 0 unspecified atom stereocenters. The first kappa shape index (κ1) is 16.8. The van der Waals surface area contributed by atoms with Gasteiger partial charge in [-0.15, -0.1) is 0 Å². The maximum Gasteiger partial charge on any atom is 0.337 e. The standard InChI is InChI=1S/C18H16N4O2S/c1-12-3-7-14(8-4-12)16-20-21-18(25)22(16)19-11-13-5-9-15(10-6-13)17(23)24-2/h3-11H,1-2H3,(H,21,25). The molecule has 0 amide bonds. The van der Waals surface area contributed by atoms with E-state index in [1.54, 1.807) is 35.2 Å². The lowest BCUT2D eigenvalue weighted by Gasteiger charge is -2.02. The molecule has 0 atom stereocenters. The predicted octanol–water partition coefficient (Wildman–Crippen LogP) is 3.58. The number of carbonyl (C=O) groups excluding carboxylic acids is 1. The van der Waals surface area contributed by atoms with Crippen LogP contribution in [0.25, 0.3) is 11.4 Å². The minimum absolute atomic E-state index is 0.373. The first-order valence-corrected chi connectivity index (χ1v) is 7.96. The van der Waals surface area contributed by atoms with Crippen molar-refractivity contribution in [3.63, 3.8) is 0 Å². The lowest BCUT2D eigenvalue weighted by atomic mass is 10.1. The molecular weight excluding hydrogens is 336 g/mol. The zero-order valence-corrected chi connectivity index (χ0v) is 14.6. The fourth-order valence-corrected chi connectivity index (χ4v) is 2.42. The summed E-state index contributed by atoms with van der Waals surface area (Å²) >= 11 is 5.25. The van der Waals surface area contributed by atoms with Crippen LogP contribution in [0.2, 0.25) is 0 Å². The average Bonchev–Trinajstić information content (AvgIpc) is 3.01. The predicted molar refractivity (Wildman–Crippen MR) is 98.4 cm³/mol. The summed E-state index contributed by atoms with van der Waals surface area (Å²) < 4.78 is 6.65. The van der Waals surface area contributed by atoms with E-state index in [2.05, 4.69) is 20.0 Å². The van der Waals surface area contributed by atoms with Crippen molar-refractivity contribution in [2.24, 2.45) is 5.10 Å². The number of ether oxygens (including phenoxy) is 1. The number of aromatic nitrogens is 3. The van der Waals surface area contributed by atoms with Gasteiger partial charge in [0.1, 0.15) is 0 Å². The van der Waals surface area contributed by atoms with E-state index in [9.17, 15) is 4.79 Å². The molecule has 1 heterocycles. The molecule has 6 nitrogen and oxygen atoms in total. The van der Waals surface area contributed by atoms with Gasteiger partial charge >= 0.3 is 5.97 Å². The van der Waals surface area contributed by atoms with Crippen LogP contribution < -0.4 is 0 Å². The Morgan fingerprint density at radius 3 is 2.52 bits per heavy atom. The molecule has 0 aliphatic carbocycles. The average molecular weight is 352 g/mol. The van der Waals surface area contributed by atoms with Crippen molar-refractivity contribution in [3.05, 3.63) is 70.0 Å². The molecule has 0 aliphatic rings. The van der Waals surface area contributed by atoms with Crippen LogP contribution in [0.1, 0.15) is 21.5 Å². The lowest BCUT2D eigenvalue weighted by Crippen LogP contribution is -2.01. The van der Waals surface area contributed by atoms with Crippen molar-refractivity contribution >= 4 is 24.4 Å². The number of esters is 1. The summed E-state index contributed by atoms with van der Waals surface area (Å²) in [7, 11) is 1.35. The number of aromatic amines is 1. The monoisotopic (exact) mass is 352 g/mol. The van der Waals surface area contributed by atoms with Gasteiger partial charge in [0.05, 0.1) is 18.9 Å². The third-order valence-electron chi connectivity index (χ3n) is 3.61. The molecule has 2 aromatic carbocycles. The maximum absolute atomic E-state index is 11.5. The van der Waals surface area contributed by atoms with Crippen LogP contribution in [-0.2, 0) is 4.74 Å². The molecule has 0 aliphatic heterocycles. The third kappa shape index (κ3) is 3.72. The second-order valence-electron chi connectivity index (χ2n) is 5.39. The zero-order valence-electron chi connectivity index (χ0n) is 13.8. The van der Waals surface area contributed by atoms with E-state index in [0.717, 1.165) is 11.1 Å². The first-order valence-electron chi connectivity index (χ1n) is 7.55. The van der Waals surface area contributed by atoms with E-state index < -0.39 is 0 Å². The van der Waals surface area contributed by atoms with Gasteiger partial charge in [-0.3, -0.25) is 0 Å². The first-order chi connectivity index (χ1) is 12.1. The summed E-state index contributed by atoms with van der Waals surface area (Å²) in [5.74, 6) is 0.259. The van der Waals surface area contributed by atoms with Crippen molar-refractivity contribution < 1.29 is 9.53 Å². The second kappa shape index (κ2) is 7.23. The van der Waals surface area contributed by atoms with E-state index in [4.69, 9.17) is 12.2 Å². The quantitative estimate of drug-likeness (QED) is 0.442. The van der Waals surface area contributed by atoms with Gasteiger partial charge in [-0.1, -0.05) is 42.0 Å². The molecule has 25 heavy (non-hydrogen) atoms. The molecule has 0 bridgehead atoms. The smallest absolute Gasteiger partial charge is 0.337 e. The van der Waals surface area contributed by atoms with Crippen LogP contribution >= 0.6 is 12.2 Å². The molecular formula is C18H16N4O2S. The Hall–Kier alpha value is -3.06. The Bertz CT molecular complexity index is 970. The number of H-pyrrole nitrogens is 1. The molecule has 0 saturated heterocycles. The minimum atomic E-state index is -0.373. The minimum Gasteiger partial charge on any atom is -0.465 e. The highest BCUT2D eigenvalue weighted by molar-refractivity contribution is 7.71. The molecule has 7 heteroatoms. The normalized spacial score (nSPS) is 11.0. The van der Waals surface area contributed by atoms with Crippen LogP contribution in [0.4, 0.5) is 0 Å². The highest BCUT2D eigenvalue weighted by Gasteiger charge is 2.08. The van der Waals surface area contributed by atoms with Crippen LogP contribution in [0, 0.1) is 11.7 Å². The largest absolute Gasteiger partial charge is 0.465 e. The van der Waals surface area contributed by atoms with E-state index in [1.165, 1.54) is 12.7 Å². The van der Waals surface area contributed by atoms with Gasteiger partial charge in [0.25, 0.3) is 0 Å². The van der Waals surface area contributed by atoms with Crippen LogP contribution in [-0.4, -0.2) is 34.2 Å². The molecule has 3 rings (SSSR count). The zero-order chi connectivity index (χ0) is 17.8. The van der Waals surface area contributed by atoms with Crippen LogP contribution in [0.5, 0.6) is 0 Å². The summed E-state index contributed by atoms with van der Waals surface area (Å²) in [6.07, 6.45) is 1.66. The van der Waals surface area contributed by atoms with Crippen LogP contribution in [0.15, 0.2) is 53.6 Å². The number of benzene rings is 2. The van der Waals surface area contributed by atoms with E-state index >= 15 is 0 Å². The summed E-state index contributed by atoms with van der Waals surface area (Å²) in [6, 6.07) is 14.9. The van der Waals surface area contributed by atoms with Gasteiger partial charge in [-0.05, 0) is 36.8 Å². The second-order valence-corrected chi connectivity index (χ2v) is 5.78. The highest BCUT2D eigenvalue weighted by atomic mass is 32.1. The summed E-state index contributed by atoms with van der Waals surface area (Å²) in [4.78, 5) is 11.5. The summed E-state index contributed by atoms with van der Waals surface area (Å²) in [5, 5.41) is 11.4.